The Labute approximate surface area is 118 Å². The van der Waals surface area contributed by atoms with Crippen molar-refractivity contribution in [1.29, 1.82) is 0 Å². The molecule has 0 radical (unpaired) electrons. The number of anilines is 1. The zero-order chi connectivity index (χ0) is 14.5. The van der Waals surface area contributed by atoms with Crippen LogP contribution in [0.2, 0.25) is 0 Å². The molecule has 1 aromatic carbocycles. The Balaban J connectivity index is 2.27. The highest BCUT2D eigenvalue weighted by Gasteiger charge is 2.29. The molecule has 1 aliphatic rings. The van der Waals surface area contributed by atoms with Gasteiger partial charge in [-0.25, -0.2) is 0 Å². The predicted octanol–water partition coefficient (Wildman–Crippen LogP) is 1.72. The summed E-state index contributed by atoms with van der Waals surface area (Å²) in [4.78, 5) is 25.8. The number of hydrogen-bond acceptors (Lipinski definition) is 3. The van der Waals surface area contributed by atoms with Crippen molar-refractivity contribution in [1.82, 2.24) is 5.32 Å². The molecule has 20 heavy (non-hydrogen) atoms. The van der Waals surface area contributed by atoms with Gasteiger partial charge in [-0.15, -0.1) is 0 Å². The lowest BCUT2D eigenvalue weighted by atomic mass is 10.2. The lowest BCUT2D eigenvalue weighted by Crippen LogP contribution is -2.44. The molecule has 0 saturated carbocycles. The molecule has 1 fully saturated rings. The summed E-state index contributed by atoms with van der Waals surface area (Å²) >= 11 is 0. The van der Waals surface area contributed by atoms with Crippen LogP contribution < -0.4 is 15.0 Å². The van der Waals surface area contributed by atoms with Gasteiger partial charge in [-0.2, -0.15) is 0 Å². The monoisotopic (exact) mass is 276 g/mol. The first-order valence-corrected chi connectivity index (χ1v) is 6.99. The summed E-state index contributed by atoms with van der Waals surface area (Å²) in [5, 5.41) is 2.76. The highest BCUT2D eigenvalue weighted by atomic mass is 16.5. The molecule has 1 heterocycles. The quantitative estimate of drug-likeness (QED) is 0.911. The average Bonchev–Trinajstić information content (AvgIpc) is 2.59. The highest BCUT2D eigenvalue weighted by molar-refractivity contribution is 6.01. The first-order valence-electron chi connectivity index (χ1n) is 6.99. The van der Waals surface area contributed by atoms with E-state index in [0.717, 1.165) is 11.4 Å². The summed E-state index contributed by atoms with van der Waals surface area (Å²) in [7, 11) is 0. The summed E-state index contributed by atoms with van der Waals surface area (Å²) < 4.78 is 5.46. The van der Waals surface area contributed by atoms with Crippen LogP contribution in [0.5, 0.6) is 5.75 Å². The van der Waals surface area contributed by atoms with E-state index in [9.17, 15) is 9.59 Å². The highest BCUT2D eigenvalue weighted by Crippen LogP contribution is 2.23. The number of benzene rings is 1. The predicted molar refractivity (Wildman–Crippen MR) is 76.8 cm³/mol. The van der Waals surface area contributed by atoms with Gasteiger partial charge in [0.05, 0.1) is 6.61 Å². The van der Waals surface area contributed by atoms with Crippen molar-refractivity contribution in [3.63, 3.8) is 0 Å². The number of amides is 2. The van der Waals surface area contributed by atoms with E-state index in [-0.39, 0.29) is 11.8 Å². The molecule has 0 spiro atoms. The minimum atomic E-state index is -0.444. The van der Waals surface area contributed by atoms with Crippen LogP contribution in [0.25, 0.3) is 0 Å². The second-order valence-electron chi connectivity index (χ2n) is 4.70. The van der Waals surface area contributed by atoms with E-state index < -0.39 is 6.04 Å². The number of ether oxygens (including phenoxy) is 1. The minimum absolute atomic E-state index is 0.0630. The Morgan fingerprint density at radius 1 is 1.35 bits per heavy atom. The fourth-order valence-corrected chi connectivity index (χ4v) is 2.28. The van der Waals surface area contributed by atoms with E-state index in [4.69, 9.17) is 4.74 Å². The molecule has 2 rings (SSSR count). The van der Waals surface area contributed by atoms with Crippen LogP contribution in [0, 0.1) is 0 Å². The molecule has 1 aliphatic heterocycles. The maximum absolute atomic E-state index is 12.5. The molecule has 0 bridgehead atoms. The van der Waals surface area contributed by atoms with Crippen LogP contribution in [0.1, 0.15) is 26.7 Å². The molecule has 1 unspecified atom stereocenters. The van der Waals surface area contributed by atoms with Crippen molar-refractivity contribution in [2.24, 2.45) is 0 Å². The molecule has 1 aromatic rings. The van der Waals surface area contributed by atoms with Crippen molar-refractivity contribution < 1.29 is 14.3 Å². The first-order chi connectivity index (χ1) is 9.65. The summed E-state index contributed by atoms with van der Waals surface area (Å²) in [5.41, 5.74) is 0.774. The van der Waals surface area contributed by atoms with Crippen molar-refractivity contribution in [3.05, 3.63) is 24.3 Å². The van der Waals surface area contributed by atoms with Gasteiger partial charge in [-0.05, 0) is 25.5 Å². The van der Waals surface area contributed by atoms with E-state index in [0.29, 0.717) is 26.0 Å². The molecule has 2 amide bonds. The third kappa shape index (κ3) is 3.10. The second kappa shape index (κ2) is 6.41. The largest absolute Gasteiger partial charge is 0.494 e. The number of nitrogens with one attached hydrogen (secondary N) is 1. The fourth-order valence-electron chi connectivity index (χ4n) is 2.28. The van der Waals surface area contributed by atoms with Gasteiger partial charge in [0.25, 0.3) is 0 Å². The summed E-state index contributed by atoms with van der Waals surface area (Å²) in [6.07, 6.45) is 0.910. The van der Waals surface area contributed by atoms with Crippen LogP contribution >= 0.6 is 0 Å². The molecule has 1 N–H and O–H groups in total. The van der Waals surface area contributed by atoms with Gasteiger partial charge < -0.3 is 15.0 Å². The lowest BCUT2D eigenvalue weighted by Gasteiger charge is -2.24. The fraction of sp³-hybridized carbons (Fsp3) is 0.467. The molecular formula is C15H20N2O3. The van der Waals surface area contributed by atoms with E-state index >= 15 is 0 Å². The van der Waals surface area contributed by atoms with E-state index in [1.807, 2.05) is 38.1 Å². The standard InChI is InChI=1S/C15H20N2O3/c1-3-13-15(19)17(9-8-14(18)16-13)11-6-5-7-12(10-11)20-4-2/h5-7,10,13H,3-4,8-9H2,1-2H3,(H,16,18). The Morgan fingerprint density at radius 3 is 2.85 bits per heavy atom. The van der Waals surface area contributed by atoms with Crippen molar-refractivity contribution in [3.8, 4) is 5.75 Å². The molecular weight excluding hydrogens is 256 g/mol. The topological polar surface area (TPSA) is 58.6 Å². The van der Waals surface area contributed by atoms with Crippen molar-refractivity contribution in [2.75, 3.05) is 18.1 Å². The number of carbonyl (C=O) groups is 2. The minimum Gasteiger partial charge on any atom is -0.494 e. The molecule has 108 valence electrons. The molecule has 5 nitrogen and oxygen atoms in total. The molecule has 0 aromatic heterocycles. The van der Waals surface area contributed by atoms with Crippen LogP contribution in [0.3, 0.4) is 0 Å². The van der Waals surface area contributed by atoms with Gasteiger partial charge in [0.2, 0.25) is 11.8 Å². The summed E-state index contributed by atoms with van der Waals surface area (Å²) in [6, 6.07) is 6.97. The third-order valence-electron chi connectivity index (χ3n) is 3.31. The molecule has 0 aliphatic carbocycles. The zero-order valence-corrected chi connectivity index (χ0v) is 11.9. The molecule has 1 atom stereocenters. The van der Waals surface area contributed by atoms with E-state index in [1.54, 1.807) is 4.90 Å². The van der Waals surface area contributed by atoms with Crippen molar-refractivity contribution >= 4 is 17.5 Å². The average molecular weight is 276 g/mol. The third-order valence-corrected chi connectivity index (χ3v) is 3.31. The number of hydrogen-bond donors (Lipinski definition) is 1. The van der Waals surface area contributed by atoms with Crippen LogP contribution in [-0.4, -0.2) is 31.0 Å². The summed E-state index contributed by atoms with van der Waals surface area (Å²) in [6.45, 7) is 4.79. The van der Waals surface area contributed by atoms with Gasteiger partial charge in [0.15, 0.2) is 0 Å². The lowest BCUT2D eigenvalue weighted by molar-refractivity contribution is -0.125. The number of rotatable bonds is 4. The van der Waals surface area contributed by atoms with Crippen molar-refractivity contribution in [2.45, 2.75) is 32.7 Å². The Morgan fingerprint density at radius 2 is 2.15 bits per heavy atom. The van der Waals surface area contributed by atoms with Gasteiger partial charge in [-0.1, -0.05) is 13.0 Å². The maximum Gasteiger partial charge on any atom is 0.249 e. The number of carbonyl (C=O) groups excluding carboxylic acids is 2. The smallest absolute Gasteiger partial charge is 0.249 e. The van der Waals surface area contributed by atoms with Gasteiger partial charge in [-0.3, -0.25) is 9.59 Å². The van der Waals surface area contributed by atoms with Gasteiger partial charge in [0.1, 0.15) is 11.8 Å². The zero-order valence-electron chi connectivity index (χ0n) is 11.9. The SMILES string of the molecule is CCOc1cccc(N2CCC(=O)NC(CC)C2=O)c1. The van der Waals surface area contributed by atoms with Crippen LogP contribution in [-0.2, 0) is 9.59 Å². The van der Waals surface area contributed by atoms with Crippen LogP contribution in [0.15, 0.2) is 24.3 Å². The Bertz CT molecular complexity index is 502. The molecule has 5 heteroatoms. The normalized spacial score (nSPS) is 19.5. The van der Waals surface area contributed by atoms with Gasteiger partial charge >= 0.3 is 0 Å². The Hall–Kier alpha value is -2.04. The summed E-state index contributed by atoms with van der Waals surface area (Å²) in [5.74, 6) is 0.593. The first kappa shape index (κ1) is 14.4. The van der Waals surface area contributed by atoms with E-state index in [2.05, 4.69) is 5.32 Å². The number of nitrogens with zero attached hydrogens (tertiary/aromatic N) is 1. The maximum atomic E-state index is 12.5. The van der Waals surface area contributed by atoms with Crippen LogP contribution in [0.4, 0.5) is 5.69 Å². The van der Waals surface area contributed by atoms with Gasteiger partial charge in [0, 0.05) is 24.7 Å². The van der Waals surface area contributed by atoms with E-state index in [1.165, 1.54) is 0 Å². The Kier molecular flexibility index (Phi) is 4.61. The second-order valence-corrected chi connectivity index (χ2v) is 4.70. The molecule has 1 saturated heterocycles.